The van der Waals surface area contributed by atoms with Gasteiger partial charge in [0.15, 0.2) is 0 Å². The smallest absolute Gasteiger partial charge is 0.355 e. The number of halogens is 3. The molecule has 1 fully saturated rings. The van der Waals surface area contributed by atoms with Gasteiger partial charge in [0, 0.05) is 42.6 Å². The molecule has 0 spiro atoms. The van der Waals surface area contributed by atoms with Gasteiger partial charge in [-0.3, -0.25) is 9.59 Å². The first-order valence-electron chi connectivity index (χ1n) is 10.6. The van der Waals surface area contributed by atoms with Gasteiger partial charge >= 0.3 is 6.18 Å². The largest absolute Gasteiger partial charge is 0.416 e. The normalized spacial score (nSPS) is 14.9. The van der Waals surface area contributed by atoms with Crippen LogP contribution in [0.5, 0.6) is 0 Å². The lowest BCUT2D eigenvalue weighted by Crippen LogP contribution is -2.43. The summed E-state index contributed by atoms with van der Waals surface area (Å²) < 4.78 is 38.0. The number of amides is 2. The summed E-state index contributed by atoms with van der Waals surface area (Å²) in [6.45, 7) is 3.49. The molecule has 1 aliphatic rings. The van der Waals surface area contributed by atoms with E-state index >= 15 is 0 Å². The second kappa shape index (κ2) is 10.9. The molecule has 0 aromatic heterocycles. The summed E-state index contributed by atoms with van der Waals surface area (Å²) in [5.41, 5.74) is 1.95. The molecule has 0 radical (unpaired) electrons. The molecule has 1 saturated heterocycles. The van der Waals surface area contributed by atoms with Crippen LogP contribution in [0.4, 0.5) is 13.2 Å². The van der Waals surface area contributed by atoms with Crippen LogP contribution < -0.4 is 5.32 Å². The molecule has 3 rings (SSSR count). The first-order valence-corrected chi connectivity index (χ1v) is 11.8. The Hall–Kier alpha value is -2.48. The quantitative estimate of drug-likeness (QED) is 0.592. The molecule has 172 valence electrons. The lowest BCUT2D eigenvalue weighted by atomic mass is 9.95. The zero-order chi connectivity index (χ0) is 23.1. The molecule has 0 unspecified atom stereocenters. The molecule has 1 heterocycles. The maximum atomic E-state index is 12.7. The van der Waals surface area contributed by atoms with E-state index in [0.717, 1.165) is 23.6 Å². The van der Waals surface area contributed by atoms with Crippen LogP contribution >= 0.6 is 11.8 Å². The molecule has 0 atom stereocenters. The topological polar surface area (TPSA) is 49.4 Å². The van der Waals surface area contributed by atoms with Crippen molar-refractivity contribution in [2.24, 2.45) is 5.92 Å². The molecule has 2 aromatic rings. The summed E-state index contributed by atoms with van der Waals surface area (Å²) >= 11 is 1.77. The Kier molecular flexibility index (Phi) is 8.23. The summed E-state index contributed by atoms with van der Waals surface area (Å²) in [5.74, 6) is 1.28. The highest BCUT2D eigenvalue weighted by molar-refractivity contribution is 7.98. The first kappa shape index (κ1) is 24.2. The van der Waals surface area contributed by atoms with Gasteiger partial charge in [-0.25, -0.2) is 0 Å². The molecule has 1 aliphatic heterocycles. The Morgan fingerprint density at radius 1 is 1.03 bits per heavy atom. The molecule has 0 bridgehead atoms. The van der Waals surface area contributed by atoms with Crippen molar-refractivity contribution < 1.29 is 22.8 Å². The number of nitrogens with zero attached hydrogens (tertiary/aromatic N) is 1. The third-order valence-electron chi connectivity index (χ3n) is 5.55. The van der Waals surface area contributed by atoms with Crippen molar-refractivity contribution in [1.82, 2.24) is 10.2 Å². The number of likely N-dealkylation sites (tertiary alicyclic amines) is 1. The highest BCUT2D eigenvalue weighted by Gasteiger charge is 2.31. The lowest BCUT2D eigenvalue weighted by molar-refractivity contribution is -0.137. The Morgan fingerprint density at radius 2 is 1.66 bits per heavy atom. The summed E-state index contributed by atoms with van der Waals surface area (Å²) in [7, 11) is 0. The molecule has 4 nitrogen and oxygen atoms in total. The molecule has 8 heteroatoms. The van der Waals surface area contributed by atoms with Crippen molar-refractivity contribution in [3.05, 3.63) is 70.8 Å². The fraction of sp³-hybridized carbons (Fsp3) is 0.417. The number of thioether (sulfide) groups is 1. The number of piperidine rings is 1. The standard InChI is InChI=1S/C24H27F3N2O2S/c1-17-2-4-18(5-3-17)16-32-15-12-28-22(30)19-10-13-29(14-11-19)23(31)20-6-8-21(9-7-20)24(25,26)27/h2-9,19H,10-16H2,1H3,(H,28,30). The van der Waals surface area contributed by atoms with E-state index < -0.39 is 11.7 Å². The van der Waals surface area contributed by atoms with E-state index in [9.17, 15) is 22.8 Å². The van der Waals surface area contributed by atoms with Crippen LogP contribution in [0, 0.1) is 12.8 Å². The number of carbonyl (C=O) groups excluding carboxylic acids is 2. The number of hydrogen-bond acceptors (Lipinski definition) is 3. The van der Waals surface area contributed by atoms with Crippen LogP contribution in [0.25, 0.3) is 0 Å². The lowest BCUT2D eigenvalue weighted by Gasteiger charge is -2.31. The minimum absolute atomic E-state index is 0.00238. The van der Waals surface area contributed by atoms with Crippen LogP contribution in [0.2, 0.25) is 0 Å². The average Bonchev–Trinajstić information content (AvgIpc) is 2.79. The molecule has 0 saturated carbocycles. The summed E-state index contributed by atoms with van der Waals surface area (Å²) in [6, 6.07) is 12.7. The second-order valence-corrected chi connectivity index (χ2v) is 9.08. The van der Waals surface area contributed by atoms with E-state index in [0.29, 0.717) is 32.5 Å². The SMILES string of the molecule is Cc1ccc(CSCCNC(=O)C2CCN(C(=O)c3ccc(C(F)(F)F)cc3)CC2)cc1. The molecule has 2 amide bonds. The number of carbonyl (C=O) groups is 2. The van der Waals surface area contributed by atoms with E-state index in [-0.39, 0.29) is 23.3 Å². The highest BCUT2D eigenvalue weighted by atomic mass is 32.2. The predicted molar refractivity (Wildman–Crippen MR) is 120 cm³/mol. The third kappa shape index (κ3) is 6.76. The predicted octanol–water partition coefficient (Wildman–Crippen LogP) is 4.92. The Labute approximate surface area is 190 Å². The van der Waals surface area contributed by atoms with E-state index in [1.54, 1.807) is 16.7 Å². The second-order valence-electron chi connectivity index (χ2n) is 7.97. The maximum absolute atomic E-state index is 12.7. The van der Waals surface area contributed by atoms with Gasteiger partial charge in [0.05, 0.1) is 5.56 Å². The van der Waals surface area contributed by atoms with Gasteiger partial charge in [0.25, 0.3) is 5.91 Å². The number of benzene rings is 2. The van der Waals surface area contributed by atoms with Gasteiger partial charge in [-0.1, -0.05) is 29.8 Å². The molecular formula is C24H27F3N2O2S. The van der Waals surface area contributed by atoms with Gasteiger partial charge in [0.2, 0.25) is 5.91 Å². The van der Waals surface area contributed by atoms with Gasteiger partial charge < -0.3 is 10.2 Å². The van der Waals surface area contributed by atoms with E-state index in [4.69, 9.17) is 0 Å². The molecular weight excluding hydrogens is 437 g/mol. The number of hydrogen-bond donors (Lipinski definition) is 1. The molecule has 1 N–H and O–H groups in total. The highest BCUT2D eigenvalue weighted by Crippen LogP contribution is 2.29. The molecule has 0 aliphatic carbocycles. The van der Waals surface area contributed by atoms with E-state index in [1.165, 1.54) is 23.3 Å². The van der Waals surface area contributed by atoms with Crippen molar-refractivity contribution in [1.29, 1.82) is 0 Å². The number of alkyl halides is 3. The molecule has 32 heavy (non-hydrogen) atoms. The summed E-state index contributed by atoms with van der Waals surface area (Å²) in [6.07, 6.45) is -3.32. The van der Waals surface area contributed by atoms with Gasteiger partial charge in [-0.2, -0.15) is 24.9 Å². The number of aryl methyl sites for hydroxylation is 1. The van der Waals surface area contributed by atoms with Crippen molar-refractivity contribution in [3.8, 4) is 0 Å². The number of rotatable bonds is 7. The van der Waals surface area contributed by atoms with Crippen LogP contribution in [-0.2, 0) is 16.7 Å². The van der Waals surface area contributed by atoms with Crippen LogP contribution in [0.15, 0.2) is 48.5 Å². The fourth-order valence-corrected chi connectivity index (χ4v) is 4.41. The van der Waals surface area contributed by atoms with Gasteiger partial charge in [-0.05, 0) is 49.6 Å². The average molecular weight is 465 g/mol. The summed E-state index contributed by atoms with van der Waals surface area (Å²) in [5, 5.41) is 2.97. The third-order valence-corrected chi connectivity index (χ3v) is 6.58. The van der Waals surface area contributed by atoms with Crippen molar-refractivity contribution in [3.63, 3.8) is 0 Å². The summed E-state index contributed by atoms with van der Waals surface area (Å²) in [4.78, 5) is 26.6. The van der Waals surface area contributed by atoms with Crippen molar-refractivity contribution in [2.45, 2.75) is 31.7 Å². The van der Waals surface area contributed by atoms with Gasteiger partial charge in [0.1, 0.15) is 0 Å². The van der Waals surface area contributed by atoms with E-state index in [1.807, 2.05) is 0 Å². The monoisotopic (exact) mass is 464 g/mol. The Morgan fingerprint density at radius 3 is 2.25 bits per heavy atom. The molecule has 2 aromatic carbocycles. The first-order chi connectivity index (χ1) is 15.2. The van der Waals surface area contributed by atoms with E-state index in [2.05, 4.69) is 36.5 Å². The van der Waals surface area contributed by atoms with Crippen LogP contribution in [0.3, 0.4) is 0 Å². The Balaban J connectivity index is 1.36. The zero-order valence-corrected chi connectivity index (χ0v) is 18.8. The van der Waals surface area contributed by atoms with Gasteiger partial charge in [-0.15, -0.1) is 0 Å². The minimum atomic E-state index is -4.42. The van der Waals surface area contributed by atoms with Crippen LogP contribution in [0.1, 0.15) is 39.9 Å². The zero-order valence-electron chi connectivity index (χ0n) is 18.0. The number of nitrogens with one attached hydrogen (secondary N) is 1. The van der Waals surface area contributed by atoms with Crippen molar-refractivity contribution >= 4 is 23.6 Å². The maximum Gasteiger partial charge on any atom is 0.416 e. The Bertz CT molecular complexity index is 906. The van der Waals surface area contributed by atoms with Crippen molar-refractivity contribution in [2.75, 3.05) is 25.4 Å². The van der Waals surface area contributed by atoms with Crippen LogP contribution in [-0.4, -0.2) is 42.1 Å². The fourth-order valence-electron chi connectivity index (χ4n) is 3.59. The minimum Gasteiger partial charge on any atom is -0.355 e.